The van der Waals surface area contributed by atoms with Crippen molar-refractivity contribution in [3.8, 4) is 11.8 Å². The van der Waals surface area contributed by atoms with Crippen LogP contribution in [0.1, 0.15) is 62.1 Å². The number of thiazole rings is 1. The van der Waals surface area contributed by atoms with E-state index in [-0.39, 0.29) is 46.6 Å². The first-order valence-corrected chi connectivity index (χ1v) is 11.7. The van der Waals surface area contributed by atoms with Crippen molar-refractivity contribution in [2.24, 2.45) is 0 Å². The Morgan fingerprint density at radius 3 is 2.64 bits per heavy atom. The van der Waals surface area contributed by atoms with Gasteiger partial charge < -0.3 is 10.4 Å². The van der Waals surface area contributed by atoms with E-state index in [1.165, 1.54) is 6.20 Å². The van der Waals surface area contributed by atoms with Gasteiger partial charge >= 0.3 is 6.18 Å². The van der Waals surface area contributed by atoms with Crippen LogP contribution in [-0.4, -0.2) is 43.3 Å². The molecular formula is C22H16Cl2F3N5O3S. The molecule has 14 heteroatoms. The number of alkyl halides is 3. The maximum atomic E-state index is 13.0. The summed E-state index contributed by atoms with van der Waals surface area (Å²) >= 11 is 12.7. The molecule has 0 aliphatic rings. The Bertz CT molecular complexity index is 1350. The van der Waals surface area contributed by atoms with Gasteiger partial charge in [-0.3, -0.25) is 9.59 Å². The number of rotatable bonds is 7. The van der Waals surface area contributed by atoms with Gasteiger partial charge in [0.2, 0.25) is 0 Å². The van der Waals surface area contributed by atoms with Crippen molar-refractivity contribution in [3.63, 3.8) is 0 Å². The van der Waals surface area contributed by atoms with Gasteiger partial charge in [0.1, 0.15) is 33.4 Å². The highest BCUT2D eigenvalue weighted by Gasteiger charge is 2.34. The number of carbonyl (C=O) groups is 2. The molecule has 0 aliphatic heterocycles. The van der Waals surface area contributed by atoms with E-state index >= 15 is 0 Å². The van der Waals surface area contributed by atoms with Crippen molar-refractivity contribution in [2.45, 2.75) is 31.9 Å². The van der Waals surface area contributed by atoms with Crippen LogP contribution in [0.4, 0.5) is 19.0 Å². The number of aliphatic hydroxyl groups excluding tert-OH is 1. The zero-order valence-electron chi connectivity index (χ0n) is 18.4. The van der Waals surface area contributed by atoms with E-state index in [1.54, 1.807) is 6.92 Å². The molecule has 36 heavy (non-hydrogen) atoms. The molecule has 1 atom stereocenters. The van der Waals surface area contributed by atoms with Crippen LogP contribution in [0.15, 0.2) is 24.8 Å². The van der Waals surface area contributed by atoms with Crippen molar-refractivity contribution < 1.29 is 27.9 Å². The summed E-state index contributed by atoms with van der Waals surface area (Å²) in [4.78, 5) is 41.1. The molecule has 8 nitrogen and oxygen atoms in total. The largest absolute Gasteiger partial charge is 0.418 e. The van der Waals surface area contributed by atoms with Gasteiger partial charge in [-0.2, -0.15) is 13.2 Å². The monoisotopic (exact) mass is 557 g/mol. The Morgan fingerprint density at radius 1 is 1.19 bits per heavy atom. The molecule has 3 aromatic rings. The molecule has 0 fully saturated rings. The molecule has 0 aromatic carbocycles. The fraction of sp³-hybridized carbons (Fsp3) is 0.273. The highest BCUT2D eigenvalue weighted by Crippen LogP contribution is 2.35. The highest BCUT2D eigenvalue weighted by atomic mass is 35.5. The highest BCUT2D eigenvalue weighted by molar-refractivity contribution is 7.13. The number of hydrogen-bond donors (Lipinski definition) is 2. The first kappa shape index (κ1) is 27.5. The smallest absolute Gasteiger partial charge is 0.395 e. The number of aromatic nitrogens is 4. The maximum Gasteiger partial charge on any atom is 0.418 e. The van der Waals surface area contributed by atoms with Crippen LogP contribution in [0.25, 0.3) is 0 Å². The molecule has 0 saturated heterocycles. The minimum Gasteiger partial charge on any atom is -0.395 e. The summed E-state index contributed by atoms with van der Waals surface area (Å²) in [5.41, 5.74) is -0.984. The summed E-state index contributed by atoms with van der Waals surface area (Å²) in [6.45, 7) is 1.59. The van der Waals surface area contributed by atoms with Crippen LogP contribution in [0.2, 0.25) is 10.0 Å². The Hall–Kier alpha value is -3.11. The number of ketones is 1. The third-order valence-electron chi connectivity index (χ3n) is 4.56. The molecule has 188 valence electrons. The van der Waals surface area contributed by atoms with Gasteiger partial charge in [-0.05, 0) is 12.0 Å². The Balaban J connectivity index is 1.70. The number of Topliss-reactive ketones (excluding diaryl/α,β-unsaturated/α-hetero) is 1. The van der Waals surface area contributed by atoms with Gasteiger partial charge in [-0.15, -0.1) is 11.3 Å². The fourth-order valence-electron chi connectivity index (χ4n) is 2.84. The van der Waals surface area contributed by atoms with Gasteiger partial charge in [0.15, 0.2) is 5.78 Å². The van der Waals surface area contributed by atoms with Crippen molar-refractivity contribution in [1.82, 2.24) is 19.9 Å². The lowest BCUT2D eigenvalue weighted by molar-refractivity contribution is -0.137. The molecule has 0 radical (unpaired) electrons. The Labute approximate surface area is 216 Å². The van der Waals surface area contributed by atoms with Crippen LogP contribution < -0.4 is 5.32 Å². The number of carbonyl (C=O) groups excluding carboxylic acids is 2. The van der Waals surface area contributed by atoms with Gasteiger partial charge in [-0.25, -0.2) is 19.9 Å². The van der Waals surface area contributed by atoms with Crippen LogP contribution in [0.3, 0.4) is 0 Å². The van der Waals surface area contributed by atoms with Gasteiger partial charge in [-0.1, -0.05) is 36.0 Å². The second kappa shape index (κ2) is 11.7. The van der Waals surface area contributed by atoms with Crippen molar-refractivity contribution in [2.75, 3.05) is 11.9 Å². The Morgan fingerprint density at radius 2 is 1.94 bits per heavy atom. The maximum absolute atomic E-state index is 13.0. The van der Waals surface area contributed by atoms with Crippen LogP contribution in [0.5, 0.6) is 0 Å². The van der Waals surface area contributed by atoms with Crippen molar-refractivity contribution >= 4 is 52.0 Å². The van der Waals surface area contributed by atoms with E-state index in [2.05, 4.69) is 37.1 Å². The molecule has 0 saturated carbocycles. The Kier molecular flexibility index (Phi) is 8.97. The van der Waals surface area contributed by atoms with E-state index in [4.69, 9.17) is 28.3 Å². The fourth-order valence-corrected chi connectivity index (χ4v) is 4.16. The average molecular weight is 558 g/mol. The number of pyridine rings is 1. The first-order chi connectivity index (χ1) is 17.0. The SMILES string of the molecule is CC(CC(=O)c1ncnc(C#CCCO)c1Cl)c1ncc(C(=O)Nc2cc(C(F)(F)F)c(Cl)cn2)s1. The summed E-state index contributed by atoms with van der Waals surface area (Å²) in [5.74, 6) is 3.47. The zero-order valence-corrected chi connectivity index (χ0v) is 20.7. The molecule has 3 heterocycles. The third kappa shape index (κ3) is 6.76. The van der Waals surface area contributed by atoms with Gasteiger partial charge in [0.25, 0.3) is 5.91 Å². The lowest BCUT2D eigenvalue weighted by Crippen LogP contribution is -2.13. The average Bonchev–Trinajstić information content (AvgIpc) is 3.31. The summed E-state index contributed by atoms with van der Waals surface area (Å²) < 4.78 is 39.1. The standard InChI is InChI=1S/C22H16Cl2F3N5O3S/c1-11(6-15(34)19-18(24)14(30-10-31-19)4-2-3-5-33)21-29-9-16(36-21)20(35)32-17-7-12(22(25,26)27)13(23)8-28-17/h7-11,33H,3,5-6H2,1H3,(H,28,32,35). The number of anilines is 1. The quantitative estimate of drug-likeness (QED) is 0.309. The number of nitrogens with one attached hydrogen (secondary N) is 1. The topological polar surface area (TPSA) is 118 Å². The normalized spacial score (nSPS) is 12.0. The minimum atomic E-state index is -4.71. The predicted octanol–water partition coefficient (Wildman–Crippen LogP) is 5.02. The minimum absolute atomic E-state index is 0.00645. The number of nitrogens with zero attached hydrogens (tertiary/aromatic N) is 4. The number of hydrogen-bond acceptors (Lipinski definition) is 8. The summed E-state index contributed by atoms with van der Waals surface area (Å²) in [6.07, 6.45) is -1.32. The van der Waals surface area contributed by atoms with E-state index in [0.29, 0.717) is 11.1 Å². The van der Waals surface area contributed by atoms with Crippen LogP contribution in [0, 0.1) is 11.8 Å². The van der Waals surface area contributed by atoms with E-state index in [1.807, 2.05) is 0 Å². The zero-order chi connectivity index (χ0) is 26.5. The molecule has 3 rings (SSSR count). The van der Waals surface area contributed by atoms with Crippen molar-refractivity contribution in [1.29, 1.82) is 0 Å². The summed E-state index contributed by atoms with van der Waals surface area (Å²) in [6, 6.07) is 0.636. The van der Waals surface area contributed by atoms with Gasteiger partial charge in [0, 0.05) is 25.0 Å². The number of amides is 1. The lowest BCUT2D eigenvalue weighted by Gasteiger charge is -2.10. The van der Waals surface area contributed by atoms with Gasteiger partial charge in [0.05, 0.1) is 28.4 Å². The molecule has 1 unspecified atom stereocenters. The molecule has 3 aromatic heterocycles. The first-order valence-electron chi connectivity index (χ1n) is 10.1. The molecular weight excluding hydrogens is 542 g/mol. The summed E-state index contributed by atoms with van der Waals surface area (Å²) in [7, 11) is 0. The summed E-state index contributed by atoms with van der Waals surface area (Å²) in [5, 5.41) is 11.0. The van der Waals surface area contributed by atoms with E-state index in [0.717, 1.165) is 23.9 Å². The van der Waals surface area contributed by atoms with Crippen LogP contribution in [-0.2, 0) is 6.18 Å². The molecule has 0 bridgehead atoms. The van der Waals surface area contributed by atoms with Crippen molar-refractivity contribution in [3.05, 3.63) is 61.7 Å². The lowest BCUT2D eigenvalue weighted by atomic mass is 10.0. The molecule has 2 N–H and O–H groups in total. The van der Waals surface area contributed by atoms with E-state index in [9.17, 15) is 22.8 Å². The number of halogens is 5. The second-order valence-electron chi connectivity index (χ2n) is 7.25. The van der Waals surface area contributed by atoms with E-state index < -0.39 is 34.4 Å². The predicted molar refractivity (Wildman–Crippen MR) is 127 cm³/mol. The molecule has 0 spiro atoms. The third-order valence-corrected chi connectivity index (χ3v) is 6.45. The second-order valence-corrected chi connectivity index (χ2v) is 9.10. The van der Waals surface area contributed by atoms with Crippen LogP contribution >= 0.6 is 34.5 Å². The molecule has 0 aliphatic carbocycles. The molecule has 1 amide bonds. The number of aliphatic hydroxyl groups is 1.